The van der Waals surface area contributed by atoms with Crippen LogP contribution in [0.15, 0.2) is 48.8 Å². The Kier molecular flexibility index (Phi) is 5.81. The molecule has 146 valence electrons. The maximum Gasteiger partial charge on any atom is 0.310 e. The lowest BCUT2D eigenvalue weighted by molar-refractivity contribution is -0.163. The molecule has 1 aliphatic rings. The van der Waals surface area contributed by atoms with Gasteiger partial charge in [0, 0.05) is 18.3 Å². The van der Waals surface area contributed by atoms with Gasteiger partial charge < -0.3 is 9.84 Å². The van der Waals surface area contributed by atoms with Crippen LogP contribution in [-0.2, 0) is 9.53 Å². The predicted octanol–water partition coefficient (Wildman–Crippen LogP) is 3.48. The normalized spacial score (nSPS) is 24.7. The number of rotatable bonds is 2. The molecule has 0 amide bonds. The lowest BCUT2D eigenvalue weighted by Crippen LogP contribution is -2.41. The van der Waals surface area contributed by atoms with E-state index in [1.165, 1.54) is 0 Å². The molecule has 0 spiro atoms. The average molecular weight is 378 g/mol. The van der Waals surface area contributed by atoms with Crippen LogP contribution >= 0.6 is 0 Å². The molecule has 1 saturated carbocycles. The highest BCUT2D eigenvalue weighted by molar-refractivity contribution is 5.74. The molecule has 0 saturated heterocycles. The van der Waals surface area contributed by atoms with E-state index in [4.69, 9.17) is 4.74 Å². The largest absolute Gasteiger partial charge is 0.460 e. The third-order valence-corrected chi connectivity index (χ3v) is 4.82. The maximum atomic E-state index is 12.8. The SMILES string of the molecule is CC(C)(C)OC(=O)[C@@H]1CC[C@@](O)(C#Cc2ncccn2)C[C@H]1c1ccccc1. The monoisotopic (exact) mass is 378 g/mol. The van der Waals surface area contributed by atoms with Gasteiger partial charge in [-0.1, -0.05) is 36.3 Å². The van der Waals surface area contributed by atoms with Crippen LogP contribution in [-0.4, -0.2) is 32.2 Å². The first-order valence-corrected chi connectivity index (χ1v) is 9.56. The van der Waals surface area contributed by atoms with Crippen LogP contribution in [0.2, 0.25) is 0 Å². The van der Waals surface area contributed by atoms with Crippen molar-refractivity contribution in [2.45, 2.75) is 57.2 Å². The molecule has 1 heterocycles. The fourth-order valence-electron chi connectivity index (χ4n) is 3.56. The first kappa shape index (κ1) is 20.0. The molecule has 1 N–H and O–H groups in total. The summed E-state index contributed by atoms with van der Waals surface area (Å²) in [6.07, 6.45) is 4.51. The Hall–Kier alpha value is -2.71. The van der Waals surface area contributed by atoms with Crippen molar-refractivity contribution >= 4 is 5.97 Å². The number of aliphatic hydroxyl groups is 1. The first-order chi connectivity index (χ1) is 13.3. The minimum atomic E-state index is -1.20. The molecule has 1 fully saturated rings. The van der Waals surface area contributed by atoms with Gasteiger partial charge >= 0.3 is 5.97 Å². The second-order valence-corrected chi connectivity index (χ2v) is 8.25. The quantitative estimate of drug-likeness (QED) is 0.640. The predicted molar refractivity (Wildman–Crippen MR) is 106 cm³/mol. The highest BCUT2D eigenvalue weighted by Gasteiger charge is 2.43. The number of aromatic nitrogens is 2. The Morgan fingerprint density at radius 3 is 2.50 bits per heavy atom. The van der Waals surface area contributed by atoms with Crippen LogP contribution < -0.4 is 0 Å². The number of ether oxygens (including phenoxy) is 1. The molecule has 5 heteroatoms. The molecule has 3 atom stereocenters. The first-order valence-electron chi connectivity index (χ1n) is 9.56. The van der Waals surface area contributed by atoms with Crippen LogP contribution in [0.5, 0.6) is 0 Å². The molecule has 0 aliphatic heterocycles. The van der Waals surface area contributed by atoms with Gasteiger partial charge in [-0.05, 0) is 57.6 Å². The van der Waals surface area contributed by atoms with Gasteiger partial charge in [0.2, 0.25) is 5.82 Å². The molecule has 1 aliphatic carbocycles. The highest BCUT2D eigenvalue weighted by Crippen LogP contribution is 2.43. The summed E-state index contributed by atoms with van der Waals surface area (Å²) in [7, 11) is 0. The molecule has 28 heavy (non-hydrogen) atoms. The molecule has 5 nitrogen and oxygen atoms in total. The van der Waals surface area contributed by atoms with Crippen molar-refractivity contribution < 1.29 is 14.6 Å². The van der Waals surface area contributed by atoms with E-state index in [1.54, 1.807) is 18.5 Å². The van der Waals surface area contributed by atoms with Crippen LogP contribution in [0.25, 0.3) is 0 Å². The second-order valence-electron chi connectivity index (χ2n) is 8.25. The number of esters is 1. The molecule has 0 unspecified atom stereocenters. The summed E-state index contributed by atoms with van der Waals surface area (Å²) in [5.74, 6) is 5.50. The second kappa shape index (κ2) is 8.12. The molecule has 1 aromatic carbocycles. The van der Waals surface area contributed by atoms with E-state index in [9.17, 15) is 9.90 Å². The summed E-state index contributed by atoms with van der Waals surface area (Å²) < 4.78 is 5.65. The number of nitrogens with zero attached hydrogens (tertiary/aromatic N) is 2. The van der Waals surface area contributed by atoms with Crippen molar-refractivity contribution in [1.29, 1.82) is 0 Å². The van der Waals surface area contributed by atoms with Crippen molar-refractivity contribution in [3.05, 3.63) is 60.2 Å². The van der Waals surface area contributed by atoms with E-state index in [0.717, 1.165) is 5.56 Å². The van der Waals surface area contributed by atoms with E-state index < -0.39 is 11.2 Å². The van der Waals surface area contributed by atoms with Gasteiger partial charge in [-0.3, -0.25) is 4.79 Å². The highest BCUT2D eigenvalue weighted by atomic mass is 16.6. The Morgan fingerprint density at radius 2 is 1.86 bits per heavy atom. The van der Waals surface area contributed by atoms with Gasteiger partial charge in [0.25, 0.3) is 0 Å². The van der Waals surface area contributed by atoms with E-state index in [0.29, 0.717) is 25.1 Å². The van der Waals surface area contributed by atoms with E-state index in [1.807, 2.05) is 51.1 Å². The maximum absolute atomic E-state index is 12.8. The van der Waals surface area contributed by atoms with Gasteiger partial charge in [0.15, 0.2) is 0 Å². The van der Waals surface area contributed by atoms with Crippen LogP contribution in [0.4, 0.5) is 0 Å². The van der Waals surface area contributed by atoms with Gasteiger partial charge in [-0.2, -0.15) is 0 Å². The fourth-order valence-corrected chi connectivity index (χ4v) is 3.56. The van der Waals surface area contributed by atoms with Gasteiger partial charge in [0.1, 0.15) is 11.2 Å². The summed E-state index contributed by atoms with van der Waals surface area (Å²) >= 11 is 0. The summed E-state index contributed by atoms with van der Waals surface area (Å²) in [6, 6.07) is 11.5. The molecule has 1 aromatic heterocycles. The Bertz CT molecular complexity index is 865. The molecular formula is C23H26N2O3. The molecule has 2 aromatic rings. The smallest absolute Gasteiger partial charge is 0.310 e. The number of carbonyl (C=O) groups is 1. The minimum Gasteiger partial charge on any atom is -0.460 e. The Morgan fingerprint density at radius 1 is 1.18 bits per heavy atom. The van der Waals surface area contributed by atoms with E-state index >= 15 is 0 Å². The van der Waals surface area contributed by atoms with Gasteiger partial charge in [0.05, 0.1) is 5.92 Å². The van der Waals surface area contributed by atoms with Crippen molar-refractivity contribution in [1.82, 2.24) is 9.97 Å². The third-order valence-electron chi connectivity index (χ3n) is 4.82. The number of hydrogen-bond donors (Lipinski definition) is 1. The number of carbonyl (C=O) groups excluding carboxylic acids is 1. The van der Waals surface area contributed by atoms with Crippen LogP contribution in [0.3, 0.4) is 0 Å². The van der Waals surface area contributed by atoms with Gasteiger partial charge in [-0.15, -0.1) is 0 Å². The Balaban J connectivity index is 1.87. The summed E-state index contributed by atoms with van der Waals surface area (Å²) in [4.78, 5) is 21.0. The number of hydrogen-bond acceptors (Lipinski definition) is 5. The molecule has 3 rings (SSSR count). The average Bonchev–Trinajstić information content (AvgIpc) is 2.66. The summed E-state index contributed by atoms with van der Waals surface area (Å²) in [5.41, 5.74) is -0.733. The van der Waals surface area contributed by atoms with Crippen LogP contribution in [0, 0.1) is 17.8 Å². The molecule has 0 bridgehead atoms. The summed E-state index contributed by atoms with van der Waals surface area (Å²) in [6.45, 7) is 5.60. The van der Waals surface area contributed by atoms with Crippen LogP contribution in [0.1, 0.15) is 57.3 Å². The van der Waals surface area contributed by atoms with Crippen molar-refractivity contribution in [2.24, 2.45) is 5.92 Å². The lowest BCUT2D eigenvalue weighted by Gasteiger charge is -2.39. The lowest BCUT2D eigenvalue weighted by atomic mass is 9.69. The van der Waals surface area contributed by atoms with Crippen molar-refractivity contribution in [3.63, 3.8) is 0 Å². The third kappa shape index (κ3) is 5.17. The van der Waals surface area contributed by atoms with E-state index in [-0.39, 0.29) is 17.8 Å². The van der Waals surface area contributed by atoms with E-state index in [2.05, 4.69) is 21.8 Å². The summed E-state index contributed by atoms with van der Waals surface area (Å²) in [5, 5.41) is 11.1. The molecular weight excluding hydrogens is 352 g/mol. The zero-order valence-electron chi connectivity index (χ0n) is 16.6. The zero-order chi connectivity index (χ0) is 20.2. The zero-order valence-corrected chi connectivity index (χ0v) is 16.6. The molecule has 0 radical (unpaired) electrons. The fraction of sp³-hybridized carbons (Fsp3) is 0.435. The van der Waals surface area contributed by atoms with Crippen molar-refractivity contribution in [3.8, 4) is 11.8 Å². The minimum absolute atomic E-state index is 0.166. The standard InChI is InChI=1S/C23H26N2O3/c1-22(2,3)28-21(26)18-10-12-23(27,13-11-20-24-14-7-15-25-20)16-19(18)17-8-5-4-6-9-17/h4-9,14-15,18-19,27H,10,12,16H2,1-3H3/t18-,19+,23-/m1/s1. The Labute approximate surface area is 166 Å². The number of benzene rings is 1. The topological polar surface area (TPSA) is 72.3 Å². The van der Waals surface area contributed by atoms with Gasteiger partial charge in [-0.25, -0.2) is 9.97 Å². The van der Waals surface area contributed by atoms with Crippen molar-refractivity contribution in [2.75, 3.05) is 0 Å².